The highest BCUT2D eigenvalue weighted by Crippen LogP contribution is 2.27. The molecule has 0 aliphatic rings. The van der Waals surface area contributed by atoms with E-state index in [1.165, 1.54) is 16.7 Å². The molecule has 0 fully saturated rings. The molecule has 0 atom stereocenters. The number of aromatic nitrogens is 2. The minimum absolute atomic E-state index is 0.00779. The van der Waals surface area contributed by atoms with Gasteiger partial charge in [-0.3, -0.25) is 18.9 Å². The van der Waals surface area contributed by atoms with Crippen LogP contribution in [0.3, 0.4) is 0 Å². The minimum Gasteiger partial charge on any atom is -0.302 e. The predicted octanol–water partition coefficient (Wildman–Crippen LogP) is 3.36. The van der Waals surface area contributed by atoms with Crippen molar-refractivity contribution in [1.29, 1.82) is 0 Å². The first kappa shape index (κ1) is 18.9. The molecule has 0 saturated carbocycles. The summed E-state index contributed by atoms with van der Waals surface area (Å²) in [6.07, 6.45) is 0. The van der Waals surface area contributed by atoms with Crippen LogP contribution in [0.5, 0.6) is 0 Å². The summed E-state index contributed by atoms with van der Waals surface area (Å²) in [7, 11) is -2.16. The Kier molecular flexibility index (Phi) is 4.44. The van der Waals surface area contributed by atoms with Crippen molar-refractivity contribution in [2.75, 3.05) is 4.72 Å². The summed E-state index contributed by atoms with van der Waals surface area (Å²) < 4.78 is 32.7. The largest absolute Gasteiger partial charge is 0.308 e. The normalized spacial score (nSPS) is 12.3. The van der Waals surface area contributed by atoms with Crippen molar-refractivity contribution in [1.82, 2.24) is 9.13 Å². The van der Waals surface area contributed by atoms with Crippen molar-refractivity contribution in [2.45, 2.75) is 24.8 Å². The van der Waals surface area contributed by atoms with Crippen molar-refractivity contribution in [3.63, 3.8) is 0 Å². The van der Waals surface area contributed by atoms with E-state index < -0.39 is 10.0 Å². The van der Waals surface area contributed by atoms with Crippen LogP contribution in [0, 0.1) is 0 Å². The minimum atomic E-state index is -3.84. The van der Waals surface area contributed by atoms with E-state index in [2.05, 4.69) is 4.72 Å². The Bertz CT molecular complexity index is 1440. The van der Waals surface area contributed by atoms with Crippen molar-refractivity contribution in [3.8, 4) is 0 Å². The average molecular weight is 436 g/mol. The van der Waals surface area contributed by atoms with E-state index >= 15 is 0 Å². The van der Waals surface area contributed by atoms with Crippen LogP contribution in [0.1, 0.15) is 19.9 Å². The van der Waals surface area contributed by atoms with Crippen LogP contribution in [0.15, 0.2) is 50.9 Å². The van der Waals surface area contributed by atoms with Gasteiger partial charge in [0.2, 0.25) is 0 Å². The Labute approximate surface area is 168 Å². The molecule has 0 bridgehead atoms. The number of aryl methyl sites for hydroxylation is 1. The number of benzene rings is 2. The Morgan fingerprint density at radius 2 is 1.57 bits per heavy atom. The predicted molar refractivity (Wildman–Crippen MR) is 114 cm³/mol. The van der Waals surface area contributed by atoms with E-state index in [0.717, 1.165) is 33.7 Å². The number of nitrogens with one attached hydrogen (secondary N) is 1. The van der Waals surface area contributed by atoms with Gasteiger partial charge in [0.25, 0.3) is 10.0 Å². The van der Waals surface area contributed by atoms with Crippen LogP contribution < -0.4 is 14.5 Å². The van der Waals surface area contributed by atoms with Crippen LogP contribution in [0.25, 0.3) is 20.4 Å². The molecule has 0 spiro atoms. The molecule has 2 aromatic carbocycles. The Balaban J connectivity index is 1.74. The standard InChI is InChI=1S/C18H17N3O4S3/c1-10(2)21-14-7-5-12(9-16(14)27-18(21)23)28(24,25)19-11-4-6-13-15(8-11)26-17(22)20(13)3/h4-10,19H,1-3H3. The Hall–Kier alpha value is -2.43. The first-order chi connectivity index (χ1) is 13.2. The van der Waals surface area contributed by atoms with Crippen molar-refractivity contribution in [3.05, 3.63) is 55.7 Å². The van der Waals surface area contributed by atoms with Gasteiger partial charge in [-0.15, -0.1) is 0 Å². The number of hydrogen-bond donors (Lipinski definition) is 1. The lowest BCUT2D eigenvalue weighted by molar-refractivity contribution is 0.601. The zero-order valence-corrected chi connectivity index (χ0v) is 17.7. The lowest BCUT2D eigenvalue weighted by Crippen LogP contribution is -2.15. The third-order valence-corrected chi connectivity index (χ3v) is 7.75. The van der Waals surface area contributed by atoms with Gasteiger partial charge in [0.15, 0.2) is 0 Å². The fourth-order valence-electron chi connectivity index (χ4n) is 3.08. The lowest BCUT2D eigenvalue weighted by Gasteiger charge is -2.10. The van der Waals surface area contributed by atoms with Gasteiger partial charge in [0.1, 0.15) is 0 Å². The maximum atomic E-state index is 12.8. The number of thiazole rings is 2. The fourth-order valence-corrected chi connectivity index (χ4v) is 6.21. The van der Waals surface area contributed by atoms with Gasteiger partial charge in [-0.2, -0.15) is 0 Å². The first-order valence-corrected chi connectivity index (χ1v) is 11.6. The maximum absolute atomic E-state index is 12.8. The smallest absolute Gasteiger partial charge is 0.302 e. The number of sulfonamides is 1. The van der Waals surface area contributed by atoms with E-state index in [4.69, 9.17) is 0 Å². The summed E-state index contributed by atoms with van der Waals surface area (Å²) in [6, 6.07) is 9.64. The van der Waals surface area contributed by atoms with Gasteiger partial charge in [0, 0.05) is 13.1 Å². The van der Waals surface area contributed by atoms with Crippen LogP contribution in [-0.4, -0.2) is 17.6 Å². The molecule has 28 heavy (non-hydrogen) atoms. The molecule has 0 aliphatic heterocycles. The van der Waals surface area contributed by atoms with Crippen molar-refractivity contribution >= 4 is 58.8 Å². The van der Waals surface area contributed by atoms with Crippen LogP contribution in [-0.2, 0) is 17.1 Å². The molecule has 0 aliphatic carbocycles. The lowest BCUT2D eigenvalue weighted by atomic mass is 10.3. The number of nitrogens with zero attached hydrogens (tertiary/aromatic N) is 2. The first-order valence-electron chi connectivity index (χ1n) is 8.45. The maximum Gasteiger partial charge on any atom is 0.308 e. The molecule has 1 N–H and O–H groups in total. The van der Waals surface area contributed by atoms with Crippen LogP contribution in [0.2, 0.25) is 0 Å². The highest BCUT2D eigenvalue weighted by atomic mass is 32.2. The highest BCUT2D eigenvalue weighted by molar-refractivity contribution is 7.92. The molecular weight excluding hydrogens is 418 g/mol. The van der Waals surface area contributed by atoms with Crippen molar-refractivity contribution in [2.24, 2.45) is 7.05 Å². The molecule has 4 aromatic rings. The Morgan fingerprint density at radius 1 is 0.929 bits per heavy atom. The van der Waals surface area contributed by atoms with Gasteiger partial charge in [0.05, 0.1) is 31.0 Å². The number of hydrogen-bond acceptors (Lipinski definition) is 6. The number of anilines is 1. The summed E-state index contributed by atoms with van der Waals surface area (Å²) in [4.78, 5) is 23.8. The summed E-state index contributed by atoms with van der Waals surface area (Å²) in [5, 5.41) is 0. The SMILES string of the molecule is CC(C)n1c(=O)sc2cc(S(=O)(=O)Nc3ccc4c(c3)sc(=O)n4C)ccc21. The van der Waals surface area contributed by atoms with Gasteiger partial charge < -0.3 is 4.57 Å². The van der Waals surface area contributed by atoms with E-state index in [-0.39, 0.29) is 20.7 Å². The van der Waals surface area contributed by atoms with E-state index in [1.807, 2.05) is 13.8 Å². The fraction of sp³-hybridized carbons (Fsp3) is 0.222. The highest BCUT2D eigenvalue weighted by Gasteiger charge is 2.18. The van der Waals surface area contributed by atoms with E-state index in [0.29, 0.717) is 15.1 Å². The van der Waals surface area contributed by atoms with Gasteiger partial charge >= 0.3 is 9.75 Å². The quantitative estimate of drug-likeness (QED) is 0.532. The van der Waals surface area contributed by atoms with Crippen LogP contribution >= 0.6 is 22.7 Å². The molecule has 0 saturated heterocycles. The van der Waals surface area contributed by atoms with Crippen molar-refractivity contribution < 1.29 is 8.42 Å². The second kappa shape index (κ2) is 6.57. The summed E-state index contributed by atoms with van der Waals surface area (Å²) in [6.45, 7) is 3.82. The van der Waals surface area contributed by atoms with Gasteiger partial charge in [-0.05, 0) is 50.2 Å². The summed E-state index contributed by atoms with van der Waals surface area (Å²) >= 11 is 2.09. The zero-order valence-electron chi connectivity index (χ0n) is 15.3. The molecule has 4 rings (SSSR count). The summed E-state index contributed by atoms with van der Waals surface area (Å²) in [5.74, 6) is 0. The third-order valence-electron chi connectivity index (χ3n) is 4.46. The molecular formula is C18H17N3O4S3. The van der Waals surface area contributed by atoms with E-state index in [9.17, 15) is 18.0 Å². The second-order valence-electron chi connectivity index (χ2n) is 6.68. The molecule has 0 radical (unpaired) electrons. The monoisotopic (exact) mass is 435 g/mol. The molecule has 2 aromatic heterocycles. The molecule has 146 valence electrons. The topological polar surface area (TPSA) is 90.2 Å². The molecule has 7 nitrogen and oxygen atoms in total. The van der Waals surface area contributed by atoms with Gasteiger partial charge in [-0.1, -0.05) is 22.7 Å². The third kappa shape index (κ3) is 3.07. The molecule has 0 amide bonds. The zero-order chi connectivity index (χ0) is 20.2. The van der Waals surface area contributed by atoms with E-state index in [1.54, 1.807) is 35.9 Å². The second-order valence-corrected chi connectivity index (χ2v) is 10.3. The van der Waals surface area contributed by atoms with Crippen LogP contribution in [0.4, 0.5) is 5.69 Å². The molecule has 2 heterocycles. The molecule has 10 heteroatoms. The molecule has 0 unspecified atom stereocenters. The van der Waals surface area contributed by atoms with Gasteiger partial charge in [-0.25, -0.2) is 8.42 Å². The Morgan fingerprint density at radius 3 is 2.29 bits per heavy atom. The number of rotatable bonds is 4. The summed E-state index contributed by atoms with van der Waals surface area (Å²) in [5.41, 5.74) is 1.85. The number of fused-ring (bicyclic) bond motifs is 2. The average Bonchev–Trinajstić information content (AvgIpc) is 3.09.